The van der Waals surface area contributed by atoms with Crippen molar-refractivity contribution in [3.63, 3.8) is 0 Å². The second-order valence-electron chi connectivity index (χ2n) is 4.70. The number of rotatable bonds is 4. The minimum absolute atomic E-state index is 0.172. The highest BCUT2D eigenvalue weighted by Gasteiger charge is 2.30. The van der Waals surface area contributed by atoms with Crippen LogP contribution in [-0.4, -0.2) is 22.8 Å². The van der Waals surface area contributed by atoms with Gasteiger partial charge in [-0.05, 0) is 36.4 Å². The van der Waals surface area contributed by atoms with Crippen LogP contribution in [0.5, 0.6) is 11.5 Å². The van der Waals surface area contributed by atoms with E-state index in [4.69, 9.17) is 9.47 Å². The van der Waals surface area contributed by atoms with Gasteiger partial charge in [0, 0.05) is 24.6 Å². The fraction of sp³-hybridized carbons (Fsp3) is 0.188. The van der Waals surface area contributed by atoms with Gasteiger partial charge < -0.3 is 9.47 Å². The predicted molar refractivity (Wildman–Crippen MR) is 74.2 cm³/mol. The molecule has 1 aliphatic rings. The van der Waals surface area contributed by atoms with Crippen molar-refractivity contribution in [1.82, 2.24) is 4.98 Å². The Balaban J connectivity index is 1.69. The monoisotopic (exact) mass is 283 g/mol. The quantitative estimate of drug-likeness (QED) is 0.637. The van der Waals surface area contributed by atoms with E-state index in [9.17, 15) is 9.59 Å². The Morgan fingerprint density at radius 2 is 2.00 bits per heavy atom. The lowest BCUT2D eigenvalue weighted by Crippen LogP contribution is -2.20. The number of Topliss-reactive ketones (excluding diaryl/α,β-unsaturated/α-hetero) is 1. The van der Waals surface area contributed by atoms with Gasteiger partial charge in [0.2, 0.25) is 5.78 Å². The molecule has 5 heteroatoms. The maximum absolute atomic E-state index is 12.1. The van der Waals surface area contributed by atoms with Gasteiger partial charge in [0.25, 0.3) is 0 Å². The van der Waals surface area contributed by atoms with Crippen LogP contribution in [-0.2, 0) is 9.53 Å². The van der Waals surface area contributed by atoms with E-state index in [0.717, 1.165) is 0 Å². The van der Waals surface area contributed by atoms with Crippen molar-refractivity contribution in [3.8, 4) is 11.5 Å². The van der Waals surface area contributed by atoms with E-state index in [1.165, 1.54) is 0 Å². The molecular formula is C16H13NO4. The third-order valence-electron chi connectivity index (χ3n) is 3.19. The molecule has 1 fully saturated rings. The van der Waals surface area contributed by atoms with Crippen molar-refractivity contribution in [2.75, 3.05) is 0 Å². The number of hydrogen-bond acceptors (Lipinski definition) is 5. The Hall–Kier alpha value is -2.69. The summed E-state index contributed by atoms with van der Waals surface area (Å²) >= 11 is 0. The lowest BCUT2D eigenvalue weighted by Gasteiger charge is -2.09. The molecule has 106 valence electrons. The topological polar surface area (TPSA) is 65.5 Å². The summed E-state index contributed by atoms with van der Waals surface area (Å²) in [5.74, 6) is 0.753. The molecule has 2 heterocycles. The minimum Gasteiger partial charge on any atom is -0.456 e. The van der Waals surface area contributed by atoms with Gasteiger partial charge in [-0.25, -0.2) is 0 Å². The molecule has 5 nitrogen and oxygen atoms in total. The number of nitrogens with zero attached hydrogens (tertiary/aromatic N) is 1. The molecular weight excluding hydrogens is 270 g/mol. The van der Waals surface area contributed by atoms with Crippen molar-refractivity contribution in [3.05, 3.63) is 54.4 Å². The van der Waals surface area contributed by atoms with Gasteiger partial charge in [0.1, 0.15) is 11.5 Å². The van der Waals surface area contributed by atoms with Crippen molar-refractivity contribution in [2.24, 2.45) is 0 Å². The fourth-order valence-corrected chi connectivity index (χ4v) is 2.13. The number of ether oxygens (including phenoxy) is 2. The number of carbonyl (C=O) groups excluding carboxylic acids is 2. The Labute approximate surface area is 121 Å². The summed E-state index contributed by atoms with van der Waals surface area (Å²) in [6, 6.07) is 10.3. The lowest BCUT2D eigenvalue weighted by atomic mass is 10.0. The molecule has 3 rings (SSSR count). The SMILES string of the molecule is O=C1CCC(C(=O)c2ccc(Oc3cccnc3)cc2)O1. The summed E-state index contributed by atoms with van der Waals surface area (Å²) in [4.78, 5) is 27.1. The molecule has 1 saturated heterocycles. The Kier molecular flexibility index (Phi) is 3.64. The molecule has 0 saturated carbocycles. The molecule has 1 aromatic heterocycles. The van der Waals surface area contributed by atoms with E-state index in [2.05, 4.69) is 4.98 Å². The molecule has 0 aliphatic carbocycles. The van der Waals surface area contributed by atoms with E-state index >= 15 is 0 Å². The molecule has 2 aromatic rings. The zero-order chi connectivity index (χ0) is 14.7. The maximum Gasteiger partial charge on any atom is 0.306 e. The first-order valence-electron chi connectivity index (χ1n) is 6.64. The van der Waals surface area contributed by atoms with Gasteiger partial charge in [0.15, 0.2) is 6.10 Å². The van der Waals surface area contributed by atoms with E-state index in [-0.39, 0.29) is 11.8 Å². The van der Waals surface area contributed by atoms with Crippen LogP contribution >= 0.6 is 0 Å². The highest BCUT2D eigenvalue weighted by molar-refractivity contribution is 6.01. The number of cyclic esters (lactones) is 1. The largest absolute Gasteiger partial charge is 0.456 e. The van der Waals surface area contributed by atoms with Gasteiger partial charge >= 0.3 is 5.97 Å². The number of benzene rings is 1. The molecule has 0 spiro atoms. The molecule has 0 N–H and O–H groups in total. The van der Waals surface area contributed by atoms with Gasteiger partial charge in [0.05, 0.1) is 6.20 Å². The number of aromatic nitrogens is 1. The molecule has 1 unspecified atom stereocenters. The average Bonchev–Trinajstić information content (AvgIpc) is 2.95. The number of hydrogen-bond donors (Lipinski definition) is 0. The summed E-state index contributed by atoms with van der Waals surface area (Å²) in [6.45, 7) is 0. The molecule has 0 amide bonds. The van der Waals surface area contributed by atoms with Crippen molar-refractivity contribution in [2.45, 2.75) is 18.9 Å². The normalized spacial score (nSPS) is 17.3. The number of esters is 1. The predicted octanol–water partition coefficient (Wildman–Crippen LogP) is 2.76. The van der Waals surface area contributed by atoms with Gasteiger partial charge in [-0.15, -0.1) is 0 Å². The zero-order valence-electron chi connectivity index (χ0n) is 11.2. The van der Waals surface area contributed by atoms with Crippen LogP contribution in [0.4, 0.5) is 0 Å². The Morgan fingerprint density at radius 1 is 1.19 bits per heavy atom. The third-order valence-corrected chi connectivity index (χ3v) is 3.19. The van der Waals surface area contributed by atoms with Crippen LogP contribution in [0.2, 0.25) is 0 Å². The third kappa shape index (κ3) is 3.08. The fourth-order valence-electron chi connectivity index (χ4n) is 2.13. The smallest absolute Gasteiger partial charge is 0.306 e. The Bertz CT molecular complexity index is 652. The standard InChI is InChI=1S/C16H13NO4/c18-15-8-7-14(21-15)16(19)11-3-5-12(6-4-11)20-13-2-1-9-17-10-13/h1-6,9-10,14H,7-8H2. The van der Waals surface area contributed by atoms with Crippen LogP contribution in [0.3, 0.4) is 0 Å². The second-order valence-corrected chi connectivity index (χ2v) is 4.70. The molecule has 21 heavy (non-hydrogen) atoms. The van der Waals surface area contributed by atoms with Gasteiger partial charge in [-0.3, -0.25) is 14.6 Å². The lowest BCUT2D eigenvalue weighted by molar-refractivity contribution is -0.140. The molecule has 1 atom stereocenters. The number of ketones is 1. The first kappa shape index (κ1) is 13.3. The maximum atomic E-state index is 12.1. The van der Waals surface area contributed by atoms with Crippen molar-refractivity contribution >= 4 is 11.8 Å². The Morgan fingerprint density at radius 3 is 2.62 bits per heavy atom. The highest BCUT2D eigenvalue weighted by atomic mass is 16.6. The van der Waals surface area contributed by atoms with Crippen LogP contribution in [0.15, 0.2) is 48.8 Å². The summed E-state index contributed by atoms with van der Waals surface area (Å²) < 4.78 is 10.6. The van der Waals surface area contributed by atoms with Crippen LogP contribution < -0.4 is 4.74 Å². The first-order chi connectivity index (χ1) is 10.2. The molecule has 1 aromatic carbocycles. The molecule has 0 radical (unpaired) electrons. The second kappa shape index (κ2) is 5.75. The summed E-state index contributed by atoms with van der Waals surface area (Å²) in [5, 5.41) is 0. The number of pyridine rings is 1. The average molecular weight is 283 g/mol. The van der Waals surface area contributed by atoms with E-state index in [1.54, 1.807) is 48.8 Å². The minimum atomic E-state index is -0.650. The first-order valence-corrected chi connectivity index (χ1v) is 6.64. The van der Waals surface area contributed by atoms with Crippen LogP contribution in [0.25, 0.3) is 0 Å². The summed E-state index contributed by atoms with van der Waals surface area (Å²) in [6.07, 6.45) is 3.38. The van der Waals surface area contributed by atoms with Gasteiger partial charge in [-0.2, -0.15) is 0 Å². The summed E-state index contributed by atoms with van der Waals surface area (Å²) in [5.41, 5.74) is 0.508. The molecule has 0 bridgehead atoms. The highest BCUT2D eigenvalue weighted by Crippen LogP contribution is 2.23. The van der Waals surface area contributed by atoms with Gasteiger partial charge in [-0.1, -0.05) is 0 Å². The summed E-state index contributed by atoms with van der Waals surface area (Å²) in [7, 11) is 0. The molecule has 1 aliphatic heterocycles. The van der Waals surface area contributed by atoms with Crippen LogP contribution in [0, 0.1) is 0 Å². The van der Waals surface area contributed by atoms with E-state index < -0.39 is 6.10 Å². The van der Waals surface area contributed by atoms with Crippen molar-refractivity contribution in [1.29, 1.82) is 0 Å². The van der Waals surface area contributed by atoms with Crippen LogP contribution in [0.1, 0.15) is 23.2 Å². The van der Waals surface area contributed by atoms with Crippen molar-refractivity contribution < 1.29 is 19.1 Å². The van der Waals surface area contributed by atoms with E-state index in [0.29, 0.717) is 29.9 Å². The zero-order valence-corrected chi connectivity index (χ0v) is 11.2. The van der Waals surface area contributed by atoms with E-state index in [1.807, 2.05) is 0 Å². The number of carbonyl (C=O) groups is 2.